The summed E-state index contributed by atoms with van der Waals surface area (Å²) in [7, 11) is 1.34. The van der Waals surface area contributed by atoms with E-state index in [1.165, 1.54) is 11.9 Å². The Labute approximate surface area is 174 Å². The second kappa shape index (κ2) is 9.80. The van der Waals surface area contributed by atoms with Gasteiger partial charge in [0.1, 0.15) is 6.10 Å². The van der Waals surface area contributed by atoms with Crippen molar-refractivity contribution in [2.45, 2.75) is 58.9 Å². The van der Waals surface area contributed by atoms with Crippen LogP contribution in [0.1, 0.15) is 56.6 Å². The summed E-state index contributed by atoms with van der Waals surface area (Å²) in [6.45, 7) is 8.44. The molecule has 0 aromatic carbocycles. The van der Waals surface area contributed by atoms with Gasteiger partial charge in [-0.05, 0) is 24.7 Å². The van der Waals surface area contributed by atoms with Crippen LogP contribution < -0.4 is 5.32 Å². The van der Waals surface area contributed by atoms with Crippen LogP contribution in [0.2, 0.25) is 0 Å². The monoisotopic (exact) mass is 432 g/mol. The maximum atomic E-state index is 13.2. The van der Waals surface area contributed by atoms with Gasteiger partial charge in [0, 0.05) is 39.0 Å². The van der Waals surface area contributed by atoms with E-state index < -0.39 is 29.4 Å². The molecule has 1 aromatic rings. The third-order valence-corrected chi connectivity index (χ3v) is 4.70. The molecule has 0 aliphatic heterocycles. The van der Waals surface area contributed by atoms with Crippen LogP contribution >= 0.6 is 0 Å². The molecule has 1 saturated carbocycles. The molecule has 0 saturated heterocycles. The third-order valence-electron chi connectivity index (χ3n) is 4.70. The Balaban J connectivity index is 2.02. The molecule has 1 heterocycles. The smallest absolute Gasteiger partial charge is 0.368 e. The van der Waals surface area contributed by atoms with Crippen molar-refractivity contribution in [3.8, 4) is 0 Å². The number of nitrogens with one attached hydrogen (secondary N) is 1. The molecule has 1 aliphatic carbocycles. The fraction of sp³-hybridized carbons (Fsp3) is 0.750. The van der Waals surface area contributed by atoms with Crippen LogP contribution in [0.3, 0.4) is 0 Å². The average molecular weight is 432 g/mol. The molecule has 0 radical (unpaired) electrons. The maximum Gasteiger partial charge on any atom is 0.435 e. The average Bonchev–Trinajstić information content (AvgIpc) is 3.37. The molecule has 1 N–H and O–H groups in total. The van der Waals surface area contributed by atoms with E-state index in [-0.39, 0.29) is 36.9 Å². The van der Waals surface area contributed by atoms with Gasteiger partial charge in [-0.3, -0.25) is 14.3 Å². The van der Waals surface area contributed by atoms with Crippen molar-refractivity contribution in [1.82, 2.24) is 20.0 Å². The Kier molecular flexibility index (Phi) is 7.90. The molecule has 1 atom stereocenters. The van der Waals surface area contributed by atoms with E-state index in [9.17, 15) is 22.8 Å². The summed E-state index contributed by atoms with van der Waals surface area (Å²) < 4.78 is 46.4. The molecule has 7 nitrogen and oxygen atoms in total. The number of ether oxygens (including phenoxy) is 1. The lowest BCUT2D eigenvalue weighted by atomic mass is 10.1. The standard InChI is InChI=1S/C20H31F3N4O3/c1-12(2)11-30-16(13(3)4)18(28)24-8-9-27(14-6-7-14)19(29)15-10-26(5)25-17(15)20(21,22)23/h10,12-14,16H,6-9,11H2,1-5H3,(H,24,28). The van der Waals surface area contributed by atoms with Crippen molar-refractivity contribution in [2.24, 2.45) is 18.9 Å². The van der Waals surface area contributed by atoms with Crippen LogP contribution in [-0.4, -0.2) is 58.3 Å². The van der Waals surface area contributed by atoms with Crippen molar-refractivity contribution in [1.29, 1.82) is 0 Å². The topological polar surface area (TPSA) is 76.5 Å². The minimum absolute atomic E-state index is 0.0327. The minimum Gasteiger partial charge on any atom is -0.368 e. The van der Waals surface area contributed by atoms with Gasteiger partial charge in [0.25, 0.3) is 5.91 Å². The van der Waals surface area contributed by atoms with Gasteiger partial charge in [-0.2, -0.15) is 18.3 Å². The first-order chi connectivity index (χ1) is 13.9. The van der Waals surface area contributed by atoms with Crippen molar-refractivity contribution < 1.29 is 27.5 Å². The van der Waals surface area contributed by atoms with Gasteiger partial charge < -0.3 is 15.0 Å². The zero-order chi connectivity index (χ0) is 22.6. The Morgan fingerprint density at radius 3 is 2.43 bits per heavy atom. The number of nitrogens with zero attached hydrogens (tertiary/aromatic N) is 3. The lowest BCUT2D eigenvalue weighted by molar-refractivity contribution is -0.141. The summed E-state index contributed by atoms with van der Waals surface area (Å²) >= 11 is 0. The van der Waals surface area contributed by atoms with Crippen molar-refractivity contribution in [3.05, 3.63) is 17.5 Å². The van der Waals surface area contributed by atoms with E-state index in [1.54, 1.807) is 0 Å². The first-order valence-corrected chi connectivity index (χ1v) is 10.2. The summed E-state index contributed by atoms with van der Waals surface area (Å²) in [5, 5.41) is 6.17. The maximum absolute atomic E-state index is 13.2. The summed E-state index contributed by atoms with van der Waals surface area (Å²) in [5.74, 6) is -0.756. The Morgan fingerprint density at radius 1 is 1.30 bits per heavy atom. The molecule has 10 heteroatoms. The van der Waals surface area contributed by atoms with Crippen LogP contribution in [0.15, 0.2) is 6.20 Å². The lowest BCUT2D eigenvalue weighted by Gasteiger charge is -2.25. The fourth-order valence-corrected chi connectivity index (χ4v) is 3.11. The normalized spacial score (nSPS) is 15.5. The Morgan fingerprint density at radius 2 is 1.93 bits per heavy atom. The number of amides is 2. The summed E-state index contributed by atoms with van der Waals surface area (Å²) in [5.41, 5.74) is -1.66. The molecular formula is C20H31F3N4O3. The van der Waals surface area contributed by atoms with Crippen LogP contribution in [0.4, 0.5) is 13.2 Å². The number of alkyl halides is 3. The first-order valence-electron chi connectivity index (χ1n) is 10.2. The molecule has 1 fully saturated rings. The third kappa shape index (κ3) is 6.45. The highest BCUT2D eigenvalue weighted by atomic mass is 19.4. The number of hydrogen-bond donors (Lipinski definition) is 1. The fourth-order valence-electron chi connectivity index (χ4n) is 3.11. The van der Waals surface area contributed by atoms with E-state index in [0.29, 0.717) is 6.61 Å². The lowest BCUT2D eigenvalue weighted by Crippen LogP contribution is -2.45. The van der Waals surface area contributed by atoms with Crippen LogP contribution in [0, 0.1) is 11.8 Å². The molecule has 0 spiro atoms. The van der Waals surface area contributed by atoms with E-state index >= 15 is 0 Å². The zero-order valence-electron chi connectivity index (χ0n) is 18.1. The van der Waals surface area contributed by atoms with Gasteiger partial charge in [0.15, 0.2) is 5.69 Å². The largest absolute Gasteiger partial charge is 0.435 e. The molecule has 1 unspecified atom stereocenters. The Hall–Kier alpha value is -2.10. The quantitative estimate of drug-likeness (QED) is 0.617. The van der Waals surface area contributed by atoms with Crippen LogP contribution in [-0.2, 0) is 22.8 Å². The van der Waals surface area contributed by atoms with Gasteiger partial charge in [-0.1, -0.05) is 27.7 Å². The number of rotatable bonds is 10. The van der Waals surface area contributed by atoms with Crippen LogP contribution in [0.5, 0.6) is 0 Å². The number of halogens is 3. The molecule has 2 amide bonds. The summed E-state index contributed by atoms with van der Waals surface area (Å²) in [4.78, 5) is 26.7. The van der Waals surface area contributed by atoms with E-state index in [0.717, 1.165) is 23.7 Å². The molecule has 1 aromatic heterocycles. The van der Waals surface area contributed by atoms with Gasteiger partial charge in [-0.25, -0.2) is 0 Å². The zero-order valence-corrected chi connectivity index (χ0v) is 18.1. The van der Waals surface area contributed by atoms with Gasteiger partial charge in [0.2, 0.25) is 5.91 Å². The highest BCUT2D eigenvalue weighted by Gasteiger charge is 2.42. The number of aryl methyl sites for hydroxylation is 1. The molecule has 30 heavy (non-hydrogen) atoms. The molecule has 1 aliphatic rings. The van der Waals surface area contributed by atoms with Gasteiger partial charge in [-0.15, -0.1) is 0 Å². The second-order valence-electron chi connectivity index (χ2n) is 8.48. The van der Waals surface area contributed by atoms with E-state index in [4.69, 9.17) is 4.74 Å². The van der Waals surface area contributed by atoms with E-state index in [2.05, 4.69) is 10.4 Å². The van der Waals surface area contributed by atoms with Crippen molar-refractivity contribution in [2.75, 3.05) is 19.7 Å². The predicted molar refractivity (Wildman–Crippen MR) is 105 cm³/mol. The highest BCUT2D eigenvalue weighted by Crippen LogP contribution is 2.33. The van der Waals surface area contributed by atoms with Crippen molar-refractivity contribution >= 4 is 11.8 Å². The summed E-state index contributed by atoms with van der Waals surface area (Å²) in [6.07, 6.45) is -2.78. The van der Waals surface area contributed by atoms with Gasteiger partial charge >= 0.3 is 6.18 Å². The van der Waals surface area contributed by atoms with E-state index in [1.807, 2.05) is 27.7 Å². The minimum atomic E-state index is -4.71. The summed E-state index contributed by atoms with van der Waals surface area (Å²) in [6, 6.07) is -0.117. The number of carbonyl (C=O) groups is 2. The van der Waals surface area contributed by atoms with Crippen LogP contribution in [0.25, 0.3) is 0 Å². The molecular weight excluding hydrogens is 401 g/mol. The molecule has 170 valence electrons. The first kappa shape index (κ1) is 24.2. The van der Waals surface area contributed by atoms with Gasteiger partial charge in [0.05, 0.1) is 5.56 Å². The highest BCUT2D eigenvalue weighted by molar-refractivity contribution is 5.95. The molecule has 2 rings (SSSR count). The van der Waals surface area contributed by atoms with Crippen molar-refractivity contribution in [3.63, 3.8) is 0 Å². The Bertz CT molecular complexity index is 742. The predicted octanol–water partition coefficient (Wildman–Crippen LogP) is 2.86. The number of carbonyl (C=O) groups excluding carboxylic acids is 2. The second-order valence-corrected chi connectivity index (χ2v) is 8.48. The number of aromatic nitrogens is 2. The SMILES string of the molecule is CC(C)COC(C(=O)NCCN(C(=O)c1cn(C)nc1C(F)(F)F)C1CC1)C(C)C. The molecule has 0 bridgehead atoms. The number of hydrogen-bond acceptors (Lipinski definition) is 4.